The van der Waals surface area contributed by atoms with Gasteiger partial charge in [-0.15, -0.1) is 0 Å². The van der Waals surface area contributed by atoms with E-state index in [9.17, 15) is 23.6 Å². The van der Waals surface area contributed by atoms with Crippen LogP contribution < -0.4 is 0 Å². The van der Waals surface area contributed by atoms with Gasteiger partial charge in [-0.1, -0.05) is 0 Å². The summed E-state index contributed by atoms with van der Waals surface area (Å²) < 4.78 is 43.7. The van der Waals surface area contributed by atoms with Crippen LogP contribution in [0.25, 0.3) is 0 Å². The number of hydrogen-bond donors (Lipinski definition) is 0. The highest BCUT2D eigenvalue weighted by Gasteiger charge is 2.52. The van der Waals surface area contributed by atoms with Crippen molar-refractivity contribution in [3.8, 4) is 0 Å². The van der Waals surface area contributed by atoms with Gasteiger partial charge in [-0.2, -0.15) is 0 Å². The summed E-state index contributed by atoms with van der Waals surface area (Å²) in [6.07, 6.45) is -6.34. The van der Waals surface area contributed by atoms with E-state index >= 15 is 0 Å². The SMILES string of the molecule is CC(=O)OC[C@H]1OC(OC(C)=O)[C@H](OC(C)=O)[C@H](OCCF)[C@@H]1OC(C)=O. The Bertz CT molecular complexity index is 551. The Balaban J connectivity index is 3.22. The van der Waals surface area contributed by atoms with E-state index in [1.54, 1.807) is 0 Å². The molecule has 0 aromatic heterocycles. The molecule has 0 aromatic carbocycles. The molecule has 1 rings (SSSR count). The van der Waals surface area contributed by atoms with Crippen molar-refractivity contribution in [2.75, 3.05) is 19.9 Å². The molecule has 1 fully saturated rings. The molecule has 11 heteroatoms. The average Bonchev–Trinajstić information content (AvgIpc) is 2.53. The minimum absolute atomic E-state index is 0.368. The molecular weight excluding hydrogens is 371 g/mol. The van der Waals surface area contributed by atoms with E-state index in [2.05, 4.69) is 0 Å². The summed E-state index contributed by atoms with van der Waals surface area (Å²) in [6.45, 7) is 2.83. The first-order chi connectivity index (χ1) is 12.6. The van der Waals surface area contributed by atoms with Gasteiger partial charge in [-0.05, 0) is 0 Å². The molecule has 0 saturated carbocycles. The Kier molecular flexibility index (Phi) is 9.09. The monoisotopic (exact) mass is 394 g/mol. The normalized spacial score (nSPS) is 27.4. The smallest absolute Gasteiger partial charge is 0.305 e. The molecule has 0 aliphatic carbocycles. The third-order valence-electron chi connectivity index (χ3n) is 3.32. The largest absolute Gasteiger partial charge is 0.463 e. The Labute approximate surface area is 155 Å². The number of rotatable bonds is 8. The average molecular weight is 394 g/mol. The van der Waals surface area contributed by atoms with E-state index in [1.165, 1.54) is 0 Å². The minimum Gasteiger partial charge on any atom is -0.463 e. The number of carbonyl (C=O) groups is 4. The fraction of sp³-hybridized carbons (Fsp3) is 0.750. The van der Waals surface area contributed by atoms with Crippen LogP contribution in [0.1, 0.15) is 27.7 Å². The molecule has 0 spiro atoms. The molecule has 0 bridgehead atoms. The molecule has 27 heavy (non-hydrogen) atoms. The lowest BCUT2D eigenvalue weighted by molar-refractivity contribution is -0.304. The van der Waals surface area contributed by atoms with Crippen LogP contribution in [-0.2, 0) is 47.6 Å². The third kappa shape index (κ3) is 7.47. The first-order valence-corrected chi connectivity index (χ1v) is 8.13. The summed E-state index contributed by atoms with van der Waals surface area (Å²) in [5.41, 5.74) is 0. The van der Waals surface area contributed by atoms with Gasteiger partial charge in [0, 0.05) is 27.7 Å². The lowest BCUT2D eigenvalue weighted by atomic mass is 9.98. The van der Waals surface area contributed by atoms with Crippen molar-refractivity contribution in [1.82, 2.24) is 0 Å². The maximum Gasteiger partial charge on any atom is 0.305 e. The molecule has 0 radical (unpaired) electrons. The zero-order valence-electron chi connectivity index (χ0n) is 15.5. The fourth-order valence-corrected chi connectivity index (χ4v) is 2.49. The number of carbonyl (C=O) groups excluding carboxylic acids is 4. The number of esters is 4. The van der Waals surface area contributed by atoms with Crippen LogP contribution in [0.2, 0.25) is 0 Å². The molecule has 0 N–H and O–H groups in total. The summed E-state index contributed by atoms with van der Waals surface area (Å²) >= 11 is 0. The quantitative estimate of drug-likeness (QED) is 0.412. The lowest BCUT2D eigenvalue weighted by Crippen LogP contribution is -2.62. The summed E-state index contributed by atoms with van der Waals surface area (Å²) in [7, 11) is 0. The van der Waals surface area contributed by atoms with Gasteiger partial charge >= 0.3 is 23.9 Å². The molecule has 1 aliphatic rings. The van der Waals surface area contributed by atoms with E-state index < -0.39 is 67.9 Å². The van der Waals surface area contributed by atoms with Crippen LogP contribution in [0, 0.1) is 0 Å². The second kappa shape index (κ2) is 10.8. The highest BCUT2D eigenvalue weighted by Crippen LogP contribution is 2.29. The maximum atomic E-state index is 12.7. The molecular formula is C16H23FO10. The molecule has 1 saturated heterocycles. The Morgan fingerprint density at radius 1 is 0.815 bits per heavy atom. The van der Waals surface area contributed by atoms with Gasteiger partial charge in [0.1, 0.15) is 25.5 Å². The fourth-order valence-electron chi connectivity index (χ4n) is 2.49. The van der Waals surface area contributed by atoms with E-state index in [4.69, 9.17) is 28.4 Å². The van der Waals surface area contributed by atoms with Gasteiger partial charge < -0.3 is 28.4 Å². The van der Waals surface area contributed by atoms with E-state index in [1.807, 2.05) is 0 Å². The van der Waals surface area contributed by atoms with Crippen molar-refractivity contribution in [2.24, 2.45) is 0 Å². The molecule has 154 valence electrons. The molecule has 0 aromatic rings. The number of hydrogen-bond acceptors (Lipinski definition) is 10. The van der Waals surface area contributed by atoms with Crippen LogP contribution in [0.4, 0.5) is 4.39 Å². The van der Waals surface area contributed by atoms with Gasteiger partial charge in [-0.25, -0.2) is 4.39 Å². The zero-order valence-corrected chi connectivity index (χ0v) is 15.5. The Morgan fingerprint density at radius 3 is 1.85 bits per heavy atom. The molecule has 0 amide bonds. The first-order valence-electron chi connectivity index (χ1n) is 8.13. The molecule has 5 atom stereocenters. The highest BCUT2D eigenvalue weighted by atomic mass is 19.1. The Morgan fingerprint density at radius 2 is 1.37 bits per heavy atom. The third-order valence-corrected chi connectivity index (χ3v) is 3.32. The van der Waals surface area contributed by atoms with E-state index in [0.29, 0.717) is 0 Å². The van der Waals surface area contributed by atoms with E-state index in [-0.39, 0.29) is 6.61 Å². The Hall–Kier alpha value is -2.27. The molecule has 1 unspecified atom stereocenters. The van der Waals surface area contributed by atoms with Crippen molar-refractivity contribution in [2.45, 2.75) is 58.4 Å². The van der Waals surface area contributed by atoms with Crippen LogP contribution in [0.15, 0.2) is 0 Å². The van der Waals surface area contributed by atoms with Crippen LogP contribution in [-0.4, -0.2) is 74.5 Å². The standard InChI is InChI=1S/C16H23FO10/c1-8(18)23-7-12-13(24-9(2)19)14(22-6-5-17)15(25-10(3)20)16(27-12)26-11(4)21/h12-16H,5-7H2,1-4H3/t12-,13-,14-,15-,16?/m1/s1. The predicted molar refractivity (Wildman–Crippen MR) is 83.9 cm³/mol. The molecule has 1 heterocycles. The van der Waals surface area contributed by atoms with Crippen LogP contribution in [0.3, 0.4) is 0 Å². The number of ether oxygens (including phenoxy) is 6. The van der Waals surface area contributed by atoms with Crippen molar-refractivity contribution in [3.05, 3.63) is 0 Å². The van der Waals surface area contributed by atoms with Gasteiger partial charge in [0.25, 0.3) is 0 Å². The second-order valence-electron chi connectivity index (χ2n) is 5.63. The van der Waals surface area contributed by atoms with Crippen LogP contribution >= 0.6 is 0 Å². The minimum atomic E-state index is -1.44. The van der Waals surface area contributed by atoms with Crippen molar-refractivity contribution >= 4 is 23.9 Å². The van der Waals surface area contributed by atoms with E-state index in [0.717, 1.165) is 27.7 Å². The van der Waals surface area contributed by atoms with Gasteiger partial charge in [-0.3, -0.25) is 19.2 Å². The van der Waals surface area contributed by atoms with Crippen LogP contribution in [0.5, 0.6) is 0 Å². The van der Waals surface area contributed by atoms with Crippen molar-refractivity contribution < 1.29 is 52.0 Å². The van der Waals surface area contributed by atoms with Crippen molar-refractivity contribution in [3.63, 3.8) is 0 Å². The van der Waals surface area contributed by atoms with Gasteiger partial charge in [0.15, 0.2) is 12.2 Å². The predicted octanol–water partition coefficient (Wildman–Crippen LogP) is 0.0556. The number of halogens is 1. The topological polar surface area (TPSA) is 124 Å². The van der Waals surface area contributed by atoms with Gasteiger partial charge in [0.05, 0.1) is 6.61 Å². The summed E-state index contributed by atoms with van der Waals surface area (Å²) in [4.78, 5) is 45.5. The highest BCUT2D eigenvalue weighted by molar-refractivity contribution is 5.68. The summed E-state index contributed by atoms with van der Waals surface area (Å²) in [6, 6.07) is 0. The molecule has 10 nitrogen and oxygen atoms in total. The zero-order chi connectivity index (χ0) is 20.6. The summed E-state index contributed by atoms with van der Waals surface area (Å²) in [5, 5.41) is 0. The van der Waals surface area contributed by atoms with Crippen molar-refractivity contribution in [1.29, 1.82) is 0 Å². The number of alkyl halides is 1. The first kappa shape index (κ1) is 22.8. The summed E-state index contributed by atoms with van der Waals surface area (Å²) in [5.74, 6) is -2.86. The maximum absolute atomic E-state index is 12.7. The lowest BCUT2D eigenvalue weighted by Gasteiger charge is -2.44. The van der Waals surface area contributed by atoms with Gasteiger partial charge in [0.2, 0.25) is 6.29 Å². The second-order valence-corrected chi connectivity index (χ2v) is 5.63. The molecule has 1 aliphatic heterocycles.